The van der Waals surface area contributed by atoms with Crippen molar-refractivity contribution in [2.45, 2.75) is 13.3 Å². The Morgan fingerprint density at radius 1 is 1.04 bits per heavy atom. The Morgan fingerprint density at radius 3 is 2.81 bits per heavy atom. The summed E-state index contributed by atoms with van der Waals surface area (Å²) in [6.07, 6.45) is 5.71. The number of carbonyl (C=O) groups excluding carboxylic acids is 1. The van der Waals surface area contributed by atoms with Crippen LogP contribution in [-0.4, -0.2) is 25.7 Å². The first-order valence-electron chi connectivity index (χ1n) is 8.38. The van der Waals surface area contributed by atoms with Crippen molar-refractivity contribution in [2.24, 2.45) is 0 Å². The lowest BCUT2D eigenvalue weighted by Gasteiger charge is -2.16. The van der Waals surface area contributed by atoms with Crippen LogP contribution in [0.4, 0.5) is 11.5 Å². The van der Waals surface area contributed by atoms with Gasteiger partial charge in [-0.1, -0.05) is 12.1 Å². The normalized spacial score (nSPS) is 13.4. The van der Waals surface area contributed by atoms with Gasteiger partial charge in [-0.3, -0.25) is 9.69 Å². The molecule has 0 radical (unpaired) electrons. The summed E-state index contributed by atoms with van der Waals surface area (Å²) in [6, 6.07) is 13.6. The van der Waals surface area contributed by atoms with Crippen LogP contribution in [0.15, 0.2) is 61.1 Å². The molecule has 26 heavy (non-hydrogen) atoms. The smallest absolute Gasteiger partial charge is 0.237 e. The second kappa shape index (κ2) is 5.49. The van der Waals surface area contributed by atoms with Crippen LogP contribution in [0.25, 0.3) is 16.7 Å². The highest BCUT2D eigenvalue weighted by molar-refractivity contribution is 6.07. The summed E-state index contributed by atoms with van der Waals surface area (Å²) in [7, 11) is 0. The Kier molecular flexibility index (Phi) is 3.12. The fraction of sp³-hybridized carbons (Fsp3) is 0.100. The number of carbonyl (C=O) groups is 1. The van der Waals surface area contributed by atoms with Gasteiger partial charge in [0.25, 0.3) is 0 Å². The van der Waals surface area contributed by atoms with Gasteiger partial charge < -0.3 is 0 Å². The zero-order valence-corrected chi connectivity index (χ0v) is 14.1. The lowest BCUT2D eigenvalue weighted by Crippen LogP contribution is -2.21. The molecule has 4 heterocycles. The number of pyridine rings is 2. The van der Waals surface area contributed by atoms with Crippen LogP contribution >= 0.6 is 0 Å². The third kappa shape index (κ3) is 2.19. The maximum absolute atomic E-state index is 12.5. The van der Waals surface area contributed by atoms with E-state index in [1.165, 1.54) is 0 Å². The van der Waals surface area contributed by atoms with Gasteiger partial charge in [0, 0.05) is 23.3 Å². The Balaban J connectivity index is 1.60. The highest BCUT2D eigenvalue weighted by atomic mass is 16.2. The standard InChI is InChI=1S/C20H15N5O/c1-13-4-7-18(22-11-13)25-17-6-5-16(9-15(17)12-23-25)24-19(26)10-14-3-2-8-21-20(14)24/h2-9,11-12H,10H2,1H3. The summed E-state index contributed by atoms with van der Waals surface area (Å²) in [5, 5.41) is 5.41. The molecule has 1 aromatic carbocycles. The molecule has 0 fully saturated rings. The number of aromatic nitrogens is 4. The minimum atomic E-state index is 0.0330. The third-order valence-electron chi connectivity index (χ3n) is 4.59. The largest absolute Gasteiger partial charge is 0.274 e. The molecule has 6 heteroatoms. The van der Waals surface area contributed by atoms with Crippen LogP contribution in [0.1, 0.15) is 11.1 Å². The number of rotatable bonds is 2. The van der Waals surface area contributed by atoms with E-state index in [2.05, 4.69) is 15.1 Å². The second-order valence-electron chi connectivity index (χ2n) is 6.39. The average molecular weight is 341 g/mol. The van der Waals surface area contributed by atoms with Gasteiger partial charge in [-0.05, 0) is 42.8 Å². The summed E-state index contributed by atoms with van der Waals surface area (Å²) in [6.45, 7) is 2.00. The Hall–Kier alpha value is -3.54. The molecule has 0 spiro atoms. The van der Waals surface area contributed by atoms with Crippen LogP contribution in [0.3, 0.4) is 0 Å². The summed E-state index contributed by atoms with van der Waals surface area (Å²) < 4.78 is 1.80. The summed E-state index contributed by atoms with van der Waals surface area (Å²) in [5.74, 6) is 1.51. The van der Waals surface area contributed by atoms with Crippen molar-refractivity contribution in [3.8, 4) is 5.82 Å². The van der Waals surface area contributed by atoms with Crippen molar-refractivity contribution in [3.63, 3.8) is 0 Å². The molecular weight excluding hydrogens is 326 g/mol. The van der Waals surface area contributed by atoms with Crippen molar-refractivity contribution in [1.29, 1.82) is 0 Å². The van der Waals surface area contributed by atoms with Crippen molar-refractivity contribution in [3.05, 3.63) is 72.2 Å². The fourth-order valence-corrected chi connectivity index (χ4v) is 3.32. The molecule has 0 saturated carbocycles. The quantitative estimate of drug-likeness (QED) is 0.561. The first-order valence-corrected chi connectivity index (χ1v) is 8.38. The van der Waals surface area contributed by atoms with E-state index in [0.29, 0.717) is 12.2 Å². The highest BCUT2D eigenvalue weighted by Crippen LogP contribution is 2.34. The number of anilines is 2. The molecule has 5 rings (SSSR count). The van der Waals surface area contributed by atoms with Crippen LogP contribution in [0.2, 0.25) is 0 Å². The molecule has 1 aliphatic heterocycles. The molecule has 1 aliphatic rings. The summed E-state index contributed by atoms with van der Waals surface area (Å²) in [4.78, 5) is 23.0. The fourth-order valence-electron chi connectivity index (χ4n) is 3.32. The molecule has 126 valence electrons. The Labute approximate surface area is 149 Å². The van der Waals surface area contributed by atoms with E-state index in [1.807, 2.05) is 55.6 Å². The number of nitrogens with zero attached hydrogens (tertiary/aromatic N) is 5. The molecule has 0 N–H and O–H groups in total. The second-order valence-corrected chi connectivity index (χ2v) is 6.39. The highest BCUT2D eigenvalue weighted by Gasteiger charge is 2.29. The molecule has 0 bridgehead atoms. The average Bonchev–Trinajstić information content (AvgIpc) is 3.22. The van der Waals surface area contributed by atoms with E-state index in [-0.39, 0.29) is 5.91 Å². The van der Waals surface area contributed by atoms with Gasteiger partial charge in [-0.25, -0.2) is 14.6 Å². The molecule has 0 aliphatic carbocycles. The van der Waals surface area contributed by atoms with Gasteiger partial charge in [0.15, 0.2) is 5.82 Å². The number of hydrogen-bond donors (Lipinski definition) is 0. The summed E-state index contributed by atoms with van der Waals surface area (Å²) >= 11 is 0. The molecule has 6 nitrogen and oxygen atoms in total. The first-order chi connectivity index (χ1) is 12.7. The monoisotopic (exact) mass is 341 g/mol. The molecule has 0 unspecified atom stereocenters. The zero-order chi connectivity index (χ0) is 17.7. The van der Waals surface area contributed by atoms with Gasteiger partial charge in [0.05, 0.1) is 23.8 Å². The topological polar surface area (TPSA) is 63.9 Å². The van der Waals surface area contributed by atoms with Crippen LogP contribution in [0.5, 0.6) is 0 Å². The summed E-state index contributed by atoms with van der Waals surface area (Å²) in [5.41, 5.74) is 3.80. The minimum Gasteiger partial charge on any atom is -0.274 e. The zero-order valence-electron chi connectivity index (χ0n) is 14.1. The van der Waals surface area contributed by atoms with Crippen LogP contribution < -0.4 is 4.90 Å². The van der Waals surface area contributed by atoms with E-state index < -0.39 is 0 Å². The van der Waals surface area contributed by atoms with E-state index in [4.69, 9.17) is 0 Å². The SMILES string of the molecule is Cc1ccc(-n2ncc3cc(N4C(=O)Cc5cccnc54)ccc32)nc1. The predicted molar refractivity (Wildman–Crippen MR) is 98.7 cm³/mol. The van der Waals surface area contributed by atoms with Crippen LogP contribution in [-0.2, 0) is 11.2 Å². The van der Waals surface area contributed by atoms with Gasteiger partial charge in [-0.2, -0.15) is 5.10 Å². The van der Waals surface area contributed by atoms with E-state index in [9.17, 15) is 4.79 Å². The van der Waals surface area contributed by atoms with Crippen LogP contribution in [0, 0.1) is 6.92 Å². The van der Waals surface area contributed by atoms with Gasteiger partial charge in [0.1, 0.15) is 5.82 Å². The van der Waals surface area contributed by atoms with Gasteiger partial charge in [0.2, 0.25) is 5.91 Å². The predicted octanol–water partition coefficient (Wildman–Crippen LogP) is 3.34. The Bertz CT molecular complexity index is 1150. The number of amides is 1. The maximum atomic E-state index is 12.5. The van der Waals surface area contributed by atoms with Crippen molar-refractivity contribution < 1.29 is 4.79 Å². The first kappa shape index (κ1) is 14.8. The van der Waals surface area contributed by atoms with E-state index >= 15 is 0 Å². The molecule has 0 atom stereocenters. The lowest BCUT2D eigenvalue weighted by molar-refractivity contribution is -0.116. The third-order valence-corrected chi connectivity index (χ3v) is 4.59. The number of benzene rings is 1. The molecule has 4 aromatic rings. The minimum absolute atomic E-state index is 0.0330. The molecule has 0 saturated heterocycles. The molecular formula is C20H15N5O. The maximum Gasteiger partial charge on any atom is 0.237 e. The van der Waals surface area contributed by atoms with E-state index in [1.54, 1.807) is 22.0 Å². The lowest BCUT2D eigenvalue weighted by atomic mass is 10.2. The van der Waals surface area contributed by atoms with Crippen molar-refractivity contribution in [2.75, 3.05) is 4.90 Å². The van der Waals surface area contributed by atoms with Gasteiger partial charge in [-0.15, -0.1) is 0 Å². The Morgan fingerprint density at radius 2 is 1.96 bits per heavy atom. The number of fused-ring (bicyclic) bond motifs is 2. The van der Waals surface area contributed by atoms with Gasteiger partial charge >= 0.3 is 0 Å². The van der Waals surface area contributed by atoms with Crippen molar-refractivity contribution in [1.82, 2.24) is 19.7 Å². The number of aryl methyl sites for hydroxylation is 1. The van der Waals surface area contributed by atoms with E-state index in [0.717, 1.165) is 33.5 Å². The van der Waals surface area contributed by atoms with Crippen molar-refractivity contribution >= 4 is 28.3 Å². The number of hydrogen-bond acceptors (Lipinski definition) is 4. The molecule has 3 aromatic heterocycles. The molecule has 1 amide bonds.